The highest BCUT2D eigenvalue weighted by atomic mass is 16.6. The van der Waals surface area contributed by atoms with E-state index in [4.69, 9.17) is 9.47 Å². The number of benzene rings is 3. The van der Waals surface area contributed by atoms with Crippen molar-refractivity contribution in [2.75, 3.05) is 23.8 Å². The summed E-state index contributed by atoms with van der Waals surface area (Å²) in [6, 6.07) is 22.9. The fourth-order valence-corrected chi connectivity index (χ4v) is 4.18. The van der Waals surface area contributed by atoms with E-state index in [1.807, 2.05) is 66.7 Å². The standard InChI is InChI=1S/C28H27N3O4/c1-2-19-8-10-23(11-9-19)30-27(32)18-31-24-16-26-25(34-12-13-35-26)15-20(24)14-21(28(31)33)17-29-22-6-4-3-5-7-22/h3-11,14-16,29H,2,12-13,17-18H2,1H3,(H,30,32). The van der Waals surface area contributed by atoms with Crippen LogP contribution in [0.25, 0.3) is 10.9 Å². The molecule has 2 N–H and O–H groups in total. The molecule has 0 atom stereocenters. The fraction of sp³-hybridized carbons (Fsp3) is 0.214. The maximum absolute atomic E-state index is 13.5. The fourth-order valence-electron chi connectivity index (χ4n) is 4.18. The van der Waals surface area contributed by atoms with Gasteiger partial charge >= 0.3 is 0 Å². The summed E-state index contributed by atoms with van der Waals surface area (Å²) < 4.78 is 13.0. The van der Waals surface area contributed by atoms with Crippen LogP contribution in [-0.2, 0) is 24.3 Å². The largest absolute Gasteiger partial charge is 0.486 e. The molecule has 1 amide bonds. The quantitative estimate of drug-likeness (QED) is 0.414. The van der Waals surface area contributed by atoms with Gasteiger partial charge in [-0.3, -0.25) is 14.2 Å². The molecule has 2 heterocycles. The van der Waals surface area contributed by atoms with Crippen molar-refractivity contribution in [2.45, 2.75) is 26.4 Å². The summed E-state index contributed by atoms with van der Waals surface area (Å²) in [7, 11) is 0. The summed E-state index contributed by atoms with van der Waals surface area (Å²) >= 11 is 0. The molecular weight excluding hydrogens is 442 g/mol. The minimum absolute atomic E-state index is 0.121. The molecule has 7 heteroatoms. The van der Waals surface area contributed by atoms with E-state index in [1.54, 1.807) is 6.07 Å². The average Bonchev–Trinajstić information content (AvgIpc) is 2.89. The van der Waals surface area contributed by atoms with E-state index in [1.165, 1.54) is 10.1 Å². The third kappa shape index (κ3) is 4.99. The second kappa shape index (κ2) is 9.93. The van der Waals surface area contributed by atoms with E-state index in [9.17, 15) is 9.59 Å². The summed E-state index contributed by atoms with van der Waals surface area (Å²) in [4.78, 5) is 26.5. The first kappa shape index (κ1) is 22.5. The van der Waals surface area contributed by atoms with Gasteiger partial charge in [0.15, 0.2) is 11.5 Å². The van der Waals surface area contributed by atoms with Gasteiger partial charge in [-0.2, -0.15) is 0 Å². The van der Waals surface area contributed by atoms with E-state index in [-0.39, 0.29) is 18.0 Å². The summed E-state index contributed by atoms with van der Waals surface area (Å²) in [5, 5.41) is 7.00. The predicted molar refractivity (Wildman–Crippen MR) is 137 cm³/mol. The third-order valence-corrected chi connectivity index (χ3v) is 6.04. The van der Waals surface area contributed by atoms with Crippen LogP contribution in [0.5, 0.6) is 11.5 Å². The average molecular weight is 470 g/mol. The highest BCUT2D eigenvalue weighted by Crippen LogP contribution is 2.34. The smallest absolute Gasteiger partial charge is 0.256 e. The lowest BCUT2D eigenvalue weighted by atomic mass is 10.1. The van der Waals surface area contributed by atoms with Gasteiger partial charge in [-0.25, -0.2) is 0 Å². The van der Waals surface area contributed by atoms with Crippen molar-refractivity contribution >= 4 is 28.2 Å². The van der Waals surface area contributed by atoms with Crippen LogP contribution in [0.4, 0.5) is 11.4 Å². The Kier molecular flexibility index (Phi) is 6.39. The van der Waals surface area contributed by atoms with Crippen LogP contribution < -0.4 is 25.7 Å². The van der Waals surface area contributed by atoms with Crippen molar-refractivity contribution in [3.8, 4) is 11.5 Å². The molecule has 5 rings (SSSR count). The van der Waals surface area contributed by atoms with E-state index >= 15 is 0 Å². The molecule has 0 saturated carbocycles. The Hall–Kier alpha value is -4.26. The minimum atomic E-state index is -0.277. The van der Waals surface area contributed by atoms with Crippen molar-refractivity contribution in [3.05, 3.63) is 94.3 Å². The number of anilines is 2. The molecule has 0 saturated heterocycles. The van der Waals surface area contributed by atoms with Gasteiger partial charge in [-0.15, -0.1) is 0 Å². The van der Waals surface area contributed by atoms with Crippen LogP contribution in [0.2, 0.25) is 0 Å². The highest BCUT2D eigenvalue weighted by molar-refractivity contribution is 5.92. The lowest BCUT2D eigenvalue weighted by Gasteiger charge is -2.21. The summed E-state index contributed by atoms with van der Waals surface area (Å²) in [5.74, 6) is 0.930. The molecule has 0 spiro atoms. The number of fused-ring (bicyclic) bond motifs is 2. The second-order valence-electron chi connectivity index (χ2n) is 8.43. The summed E-state index contributed by atoms with van der Waals surface area (Å²) in [5.41, 5.74) is 3.75. The number of amides is 1. The van der Waals surface area contributed by atoms with Crippen molar-refractivity contribution in [2.24, 2.45) is 0 Å². The lowest BCUT2D eigenvalue weighted by molar-refractivity contribution is -0.116. The second-order valence-corrected chi connectivity index (χ2v) is 8.43. The molecule has 0 bridgehead atoms. The molecule has 4 aromatic rings. The van der Waals surface area contributed by atoms with Gasteiger partial charge in [0.25, 0.3) is 5.56 Å². The Bertz CT molecular complexity index is 1410. The Morgan fingerprint density at radius 3 is 2.34 bits per heavy atom. The van der Waals surface area contributed by atoms with Crippen molar-refractivity contribution in [1.29, 1.82) is 0 Å². The molecule has 0 aliphatic carbocycles. The Labute approximate surface area is 203 Å². The highest BCUT2D eigenvalue weighted by Gasteiger charge is 2.18. The Morgan fingerprint density at radius 1 is 0.914 bits per heavy atom. The van der Waals surface area contributed by atoms with Crippen LogP contribution in [0.15, 0.2) is 77.6 Å². The predicted octanol–water partition coefficient (Wildman–Crippen LogP) is 4.59. The monoisotopic (exact) mass is 469 g/mol. The maximum Gasteiger partial charge on any atom is 0.256 e. The number of nitrogens with one attached hydrogen (secondary N) is 2. The number of aryl methyl sites for hydroxylation is 1. The van der Waals surface area contributed by atoms with Gasteiger partial charge in [0.2, 0.25) is 5.91 Å². The van der Waals surface area contributed by atoms with Crippen LogP contribution in [-0.4, -0.2) is 23.7 Å². The van der Waals surface area contributed by atoms with Crippen LogP contribution in [0.3, 0.4) is 0 Å². The van der Waals surface area contributed by atoms with Gasteiger partial charge in [0.1, 0.15) is 19.8 Å². The third-order valence-electron chi connectivity index (χ3n) is 6.04. The van der Waals surface area contributed by atoms with E-state index in [0.717, 1.165) is 17.5 Å². The first-order chi connectivity index (χ1) is 17.1. The zero-order valence-electron chi connectivity index (χ0n) is 19.5. The number of carbonyl (C=O) groups excluding carboxylic acids is 1. The zero-order chi connectivity index (χ0) is 24.2. The number of para-hydroxylation sites is 1. The van der Waals surface area contributed by atoms with E-state index in [2.05, 4.69) is 17.6 Å². The summed E-state index contributed by atoms with van der Waals surface area (Å²) in [6.45, 7) is 3.20. The van der Waals surface area contributed by atoms with Gasteiger partial charge in [0, 0.05) is 34.9 Å². The van der Waals surface area contributed by atoms with E-state index < -0.39 is 0 Å². The number of rotatable bonds is 7. The molecule has 0 radical (unpaired) electrons. The molecule has 0 fully saturated rings. The molecule has 35 heavy (non-hydrogen) atoms. The van der Waals surface area contributed by atoms with Gasteiger partial charge in [-0.1, -0.05) is 37.3 Å². The van der Waals surface area contributed by atoms with Crippen LogP contribution in [0.1, 0.15) is 18.1 Å². The topological polar surface area (TPSA) is 81.6 Å². The van der Waals surface area contributed by atoms with Gasteiger partial charge in [0.05, 0.1) is 5.52 Å². The van der Waals surface area contributed by atoms with Crippen molar-refractivity contribution < 1.29 is 14.3 Å². The maximum atomic E-state index is 13.5. The van der Waals surface area contributed by atoms with Crippen molar-refractivity contribution in [1.82, 2.24) is 4.57 Å². The molecule has 1 aliphatic rings. The van der Waals surface area contributed by atoms with Crippen molar-refractivity contribution in [3.63, 3.8) is 0 Å². The van der Waals surface area contributed by atoms with Crippen LogP contribution in [0, 0.1) is 0 Å². The minimum Gasteiger partial charge on any atom is -0.486 e. The summed E-state index contributed by atoms with van der Waals surface area (Å²) in [6.07, 6.45) is 0.926. The molecule has 3 aromatic carbocycles. The number of pyridine rings is 1. The molecule has 1 aliphatic heterocycles. The zero-order valence-corrected chi connectivity index (χ0v) is 19.5. The number of hydrogen-bond donors (Lipinski definition) is 2. The first-order valence-corrected chi connectivity index (χ1v) is 11.7. The van der Waals surface area contributed by atoms with Gasteiger partial charge < -0.3 is 20.1 Å². The molecule has 0 unspecified atom stereocenters. The number of nitrogens with zero attached hydrogens (tertiary/aromatic N) is 1. The number of aromatic nitrogens is 1. The Morgan fingerprint density at radius 2 is 1.63 bits per heavy atom. The number of ether oxygens (including phenoxy) is 2. The number of hydrogen-bond acceptors (Lipinski definition) is 5. The van der Waals surface area contributed by atoms with E-state index in [0.29, 0.717) is 48.0 Å². The molecular formula is C28H27N3O4. The Balaban J connectivity index is 1.49. The first-order valence-electron chi connectivity index (χ1n) is 11.7. The van der Waals surface area contributed by atoms with Gasteiger partial charge in [-0.05, 0) is 48.4 Å². The molecule has 1 aromatic heterocycles. The number of carbonyl (C=O) groups is 1. The normalized spacial score (nSPS) is 12.4. The molecule has 178 valence electrons. The van der Waals surface area contributed by atoms with Crippen LogP contribution >= 0.6 is 0 Å². The lowest BCUT2D eigenvalue weighted by Crippen LogP contribution is -2.31. The molecule has 7 nitrogen and oxygen atoms in total. The SMILES string of the molecule is CCc1ccc(NC(=O)Cn2c(=O)c(CNc3ccccc3)cc3cc4c(cc32)OCCO4)cc1.